The number of hydrogen-bond donors (Lipinski definition) is 1. The van der Waals surface area contributed by atoms with E-state index >= 15 is 0 Å². The molecule has 1 rings (SSSR count). The molecular formula is C10H10N2O5. The number of nitro groups is 1. The van der Waals surface area contributed by atoms with E-state index in [-0.39, 0.29) is 23.9 Å². The Morgan fingerprint density at radius 2 is 2.35 bits per heavy atom. The van der Waals surface area contributed by atoms with Gasteiger partial charge in [-0.15, -0.1) is 6.58 Å². The Hall–Kier alpha value is -2.44. The van der Waals surface area contributed by atoms with Crippen molar-refractivity contribution in [1.82, 2.24) is 4.98 Å². The number of pyridine rings is 1. The number of nitrogens with zero attached hydrogens (tertiary/aromatic N) is 2. The number of carboxylic acids is 1. The number of hydrogen-bond acceptors (Lipinski definition) is 5. The van der Waals surface area contributed by atoms with Gasteiger partial charge < -0.3 is 9.84 Å². The SMILES string of the molecule is C=CCCOc1nc(C(=O)O)ccc1[N+](=O)[O-]. The maximum absolute atomic E-state index is 10.7. The molecule has 0 unspecified atom stereocenters. The van der Waals surface area contributed by atoms with E-state index in [1.807, 2.05) is 0 Å². The molecule has 0 radical (unpaired) electrons. The van der Waals surface area contributed by atoms with Gasteiger partial charge in [0.15, 0.2) is 5.69 Å². The van der Waals surface area contributed by atoms with Crippen LogP contribution in [0.4, 0.5) is 5.69 Å². The Morgan fingerprint density at radius 1 is 1.65 bits per heavy atom. The minimum absolute atomic E-state index is 0.153. The van der Waals surface area contributed by atoms with E-state index in [1.54, 1.807) is 6.08 Å². The van der Waals surface area contributed by atoms with E-state index in [4.69, 9.17) is 9.84 Å². The van der Waals surface area contributed by atoms with Gasteiger partial charge in [0, 0.05) is 6.07 Å². The first-order valence-corrected chi connectivity index (χ1v) is 4.68. The predicted octanol–water partition coefficient (Wildman–Crippen LogP) is 1.64. The molecule has 0 amide bonds. The second kappa shape index (κ2) is 5.59. The zero-order valence-electron chi connectivity index (χ0n) is 8.83. The van der Waals surface area contributed by atoms with Crippen LogP contribution in [0.15, 0.2) is 24.8 Å². The van der Waals surface area contributed by atoms with Crippen LogP contribution in [0.2, 0.25) is 0 Å². The Morgan fingerprint density at radius 3 is 2.88 bits per heavy atom. The first kappa shape index (κ1) is 12.6. The average Bonchev–Trinajstić information content (AvgIpc) is 2.28. The molecule has 1 aromatic heterocycles. The summed E-state index contributed by atoms with van der Waals surface area (Å²) in [5.74, 6) is -1.56. The van der Waals surface area contributed by atoms with Crippen LogP contribution in [0, 0.1) is 10.1 Å². The smallest absolute Gasteiger partial charge is 0.354 e. The number of ether oxygens (including phenoxy) is 1. The third-order valence-electron chi connectivity index (χ3n) is 1.82. The molecule has 17 heavy (non-hydrogen) atoms. The second-order valence-electron chi connectivity index (χ2n) is 3.01. The lowest BCUT2D eigenvalue weighted by molar-refractivity contribution is -0.386. The molecule has 0 aromatic carbocycles. The van der Waals surface area contributed by atoms with Crippen LogP contribution in [0.1, 0.15) is 16.9 Å². The lowest BCUT2D eigenvalue weighted by Crippen LogP contribution is -2.06. The van der Waals surface area contributed by atoms with Crippen LogP contribution in [0.25, 0.3) is 0 Å². The molecule has 7 nitrogen and oxygen atoms in total. The normalized spacial score (nSPS) is 9.65. The number of carbonyl (C=O) groups is 1. The fourth-order valence-electron chi connectivity index (χ4n) is 1.04. The number of aromatic nitrogens is 1. The summed E-state index contributed by atoms with van der Waals surface area (Å²) in [5.41, 5.74) is -0.664. The van der Waals surface area contributed by atoms with Gasteiger partial charge in [-0.3, -0.25) is 10.1 Å². The van der Waals surface area contributed by atoms with Gasteiger partial charge in [-0.05, 0) is 12.5 Å². The van der Waals surface area contributed by atoms with Gasteiger partial charge in [0.2, 0.25) is 0 Å². The van der Waals surface area contributed by atoms with Crippen molar-refractivity contribution >= 4 is 11.7 Å². The molecule has 7 heteroatoms. The summed E-state index contributed by atoms with van der Waals surface area (Å²) < 4.78 is 5.04. The summed E-state index contributed by atoms with van der Waals surface area (Å²) in [6, 6.07) is 2.11. The molecule has 0 saturated carbocycles. The molecule has 0 spiro atoms. The molecule has 1 aromatic rings. The van der Waals surface area contributed by atoms with Gasteiger partial charge in [-0.1, -0.05) is 6.08 Å². The fraction of sp³-hybridized carbons (Fsp3) is 0.200. The van der Waals surface area contributed by atoms with Crippen molar-refractivity contribution in [3.05, 3.63) is 40.6 Å². The van der Waals surface area contributed by atoms with Gasteiger partial charge in [0.25, 0.3) is 5.88 Å². The van der Waals surface area contributed by atoms with Crippen molar-refractivity contribution in [2.24, 2.45) is 0 Å². The number of carboxylic acid groups (broad SMARTS) is 1. The van der Waals surface area contributed by atoms with Gasteiger partial charge >= 0.3 is 11.7 Å². The number of aromatic carboxylic acids is 1. The van der Waals surface area contributed by atoms with E-state index in [2.05, 4.69) is 11.6 Å². The summed E-state index contributed by atoms with van der Waals surface area (Å²) in [6.45, 7) is 3.62. The van der Waals surface area contributed by atoms with Crippen LogP contribution in [-0.2, 0) is 0 Å². The molecular weight excluding hydrogens is 228 g/mol. The molecule has 0 aliphatic heterocycles. The highest BCUT2D eigenvalue weighted by Gasteiger charge is 2.19. The summed E-state index contributed by atoms with van der Waals surface area (Å²) in [7, 11) is 0. The highest BCUT2D eigenvalue weighted by atomic mass is 16.6. The van der Waals surface area contributed by atoms with Crippen LogP contribution in [0.3, 0.4) is 0 Å². The minimum atomic E-state index is -1.27. The molecule has 0 aliphatic rings. The zero-order valence-corrected chi connectivity index (χ0v) is 8.83. The number of rotatable bonds is 6. The second-order valence-corrected chi connectivity index (χ2v) is 3.01. The Labute approximate surface area is 96.5 Å². The van der Waals surface area contributed by atoms with Gasteiger partial charge in [-0.25, -0.2) is 9.78 Å². The van der Waals surface area contributed by atoms with Crippen LogP contribution in [0.5, 0.6) is 5.88 Å². The minimum Gasteiger partial charge on any atom is -0.477 e. The lowest BCUT2D eigenvalue weighted by Gasteiger charge is -2.04. The molecule has 0 bridgehead atoms. The van der Waals surface area contributed by atoms with Crippen molar-refractivity contribution in [3.63, 3.8) is 0 Å². The Bertz CT molecular complexity index is 458. The highest BCUT2D eigenvalue weighted by Crippen LogP contribution is 2.24. The first-order valence-electron chi connectivity index (χ1n) is 4.68. The zero-order chi connectivity index (χ0) is 12.8. The fourth-order valence-corrected chi connectivity index (χ4v) is 1.04. The summed E-state index contributed by atoms with van der Waals surface area (Å²) >= 11 is 0. The van der Waals surface area contributed by atoms with Crippen molar-refractivity contribution in [1.29, 1.82) is 0 Å². The molecule has 0 saturated heterocycles. The Kier molecular flexibility index (Phi) is 4.15. The molecule has 0 fully saturated rings. The first-order chi connectivity index (χ1) is 8.06. The van der Waals surface area contributed by atoms with E-state index in [1.165, 1.54) is 0 Å². The van der Waals surface area contributed by atoms with Crippen LogP contribution in [-0.4, -0.2) is 27.6 Å². The summed E-state index contributed by atoms with van der Waals surface area (Å²) in [6.07, 6.45) is 2.06. The third-order valence-corrected chi connectivity index (χ3v) is 1.82. The van der Waals surface area contributed by atoms with Gasteiger partial charge in [-0.2, -0.15) is 0 Å². The van der Waals surface area contributed by atoms with Crippen molar-refractivity contribution in [2.75, 3.05) is 6.61 Å². The third kappa shape index (κ3) is 3.26. The van der Waals surface area contributed by atoms with E-state index in [9.17, 15) is 14.9 Å². The molecule has 0 atom stereocenters. The van der Waals surface area contributed by atoms with Gasteiger partial charge in [0.1, 0.15) is 0 Å². The largest absolute Gasteiger partial charge is 0.477 e. The molecule has 90 valence electrons. The predicted molar refractivity (Wildman–Crippen MR) is 58.2 cm³/mol. The summed E-state index contributed by atoms with van der Waals surface area (Å²) in [5, 5.41) is 19.4. The van der Waals surface area contributed by atoms with Crippen molar-refractivity contribution < 1.29 is 19.6 Å². The maximum Gasteiger partial charge on any atom is 0.354 e. The topological polar surface area (TPSA) is 103 Å². The maximum atomic E-state index is 10.7. The quantitative estimate of drug-likeness (QED) is 0.350. The molecule has 1 heterocycles. The van der Waals surface area contributed by atoms with Crippen LogP contribution < -0.4 is 4.74 Å². The van der Waals surface area contributed by atoms with E-state index in [0.29, 0.717) is 6.42 Å². The van der Waals surface area contributed by atoms with Crippen LogP contribution >= 0.6 is 0 Å². The van der Waals surface area contributed by atoms with E-state index < -0.39 is 10.9 Å². The van der Waals surface area contributed by atoms with Gasteiger partial charge in [0.05, 0.1) is 11.5 Å². The Balaban J connectivity index is 3.02. The molecule has 1 N–H and O–H groups in total. The monoisotopic (exact) mass is 238 g/mol. The lowest BCUT2D eigenvalue weighted by atomic mass is 10.3. The molecule has 0 aliphatic carbocycles. The van der Waals surface area contributed by atoms with E-state index in [0.717, 1.165) is 12.1 Å². The van der Waals surface area contributed by atoms with Crippen molar-refractivity contribution in [3.8, 4) is 5.88 Å². The average molecular weight is 238 g/mol. The highest BCUT2D eigenvalue weighted by molar-refractivity contribution is 5.85. The summed E-state index contributed by atoms with van der Waals surface area (Å²) in [4.78, 5) is 24.2. The standard InChI is InChI=1S/C10H10N2O5/c1-2-3-6-17-9-8(12(15)16)5-4-7(11-9)10(13)14/h2,4-5H,1,3,6H2,(H,13,14). The van der Waals surface area contributed by atoms with Crippen molar-refractivity contribution in [2.45, 2.75) is 6.42 Å².